The predicted molar refractivity (Wildman–Crippen MR) is 120 cm³/mol. The molecule has 0 fully saturated rings. The van der Waals surface area contributed by atoms with Gasteiger partial charge in [-0.15, -0.1) is 0 Å². The lowest BCUT2D eigenvalue weighted by molar-refractivity contribution is 0.0945. The fourth-order valence-electron chi connectivity index (χ4n) is 3.57. The normalized spacial score (nSPS) is 12.7. The van der Waals surface area contributed by atoms with E-state index in [-0.39, 0.29) is 19.1 Å². The lowest BCUT2D eigenvalue weighted by Gasteiger charge is -2.20. The summed E-state index contributed by atoms with van der Waals surface area (Å²) < 4.78 is 0. The lowest BCUT2D eigenvalue weighted by Crippen LogP contribution is -2.26. The van der Waals surface area contributed by atoms with Crippen molar-refractivity contribution in [3.8, 4) is 11.3 Å². The number of halogens is 2. The molecule has 0 saturated heterocycles. The number of aliphatic hydroxyl groups is 1. The highest BCUT2D eigenvalue weighted by molar-refractivity contribution is 6.35. The topological polar surface area (TPSA) is 65.5 Å². The van der Waals surface area contributed by atoms with Crippen LogP contribution in [0, 0.1) is 0 Å². The van der Waals surface area contributed by atoms with Gasteiger partial charge in [0.05, 0.1) is 12.3 Å². The highest BCUT2D eigenvalue weighted by Gasteiger charge is 2.22. The average Bonchev–Trinajstić information content (AvgIpc) is 3.16. The van der Waals surface area contributed by atoms with Crippen molar-refractivity contribution < 1.29 is 9.90 Å². The molecular weight excluding hydrogens is 421 g/mol. The van der Waals surface area contributed by atoms with E-state index in [0.29, 0.717) is 22.2 Å². The summed E-state index contributed by atoms with van der Waals surface area (Å²) in [5, 5.41) is 12.8. The first kappa shape index (κ1) is 20.7. The Bertz CT molecular complexity index is 1090. The van der Waals surface area contributed by atoms with Gasteiger partial charge in [-0.3, -0.25) is 4.79 Å². The molecule has 0 spiro atoms. The smallest absolute Gasteiger partial charge is 0.251 e. The van der Waals surface area contributed by atoms with E-state index < -0.39 is 0 Å². The number of carbonyl (C=O) groups is 1. The second-order valence-corrected chi connectivity index (χ2v) is 7.99. The van der Waals surface area contributed by atoms with E-state index in [1.165, 1.54) is 5.56 Å². The number of nitrogens with zero attached hydrogens (tertiary/aromatic N) is 2. The van der Waals surface area contributed by atoms with Gasteiger partial charge >= 0.3 is 0 Å². The van der Waals surface area contributed by atoms with E-state index in [2.05, 4.69) is 16.3 Å². The SMILES string of the molecule is O=C(NCCO)c1cccc(-c2ccc3c(n2)N(Cc2ccc(Cl)cc2Cl)CC3)c1. The van der Waals surface area contributed by atoms with E-state index in [1.54, 1.807) is 12.1 Å². The number of hydrogen-bond donors (Lipinski definition) is 2. The lowest BCUT2D eigenvalue weighted by atomic mass is 10.1. The first-order chi connectivity index (χ1) is 14.5. The first-order valence-corrected chi connectivity index (χ1v) is 10.5. The van der Waals surface area contributed by atoms with Crippen LogP contribution in [0.2, 0.25) is 10.0 Å². The van der Waals surface area contributed by atoms with Gasteiger partial charge in [0.2, 0.25) is 0 Å². The number of amides is 1. The number of carbonyl (C=O) groups excluding carboxylic acids is 1. The van der Waals surface area contributed by atoms with E-state index in [9.17, 15) is 4.79 Å². The van der Waals surface area contributed by atoms with Crippen LogP contribution in [0.25, 0.3) is 11.3 Å². The van der Waals surface area contributed by atoms with Crippen LogP contribution in [0.1, 0.15) is 21.5 Å². The fraction of sp³-hybridized carbons (Fsp3) is 0.217. The molecule has 1 amide bonds. The van der Waals surface area contributed by atoms with Gasteiger partial charge in [-0.2, -0.15) is 0 Å². The molecule has 2 N–H and O–H groups in total. The molecule has 4 rings (SSSR count). The number of pyridine rings is 1. The maximum atomic E-state index is 12.2. The van der Waals surface area contributed by atoms with E-state index in [4.69, 9.17) is 33.3 Å². The second-order valence-electron chi connectivity index (χ2n) is 7.15. The second kappa shape index (κ2) is 9.04. The number of nitrogens with one attached hydrogen (secondary N) is 1. The van der Waals surface area contributed by atoms with Crippen molar-refractivity contribution in [2.24, 2.45) is 0 Å². The molecule has 0 atom stereocenters. The molecule has 0 bridgehead atoms. The van der Waals surface area contributed by atoms with Crippen LogP contribution in [0.5, 0.6) is 0 Å². The third-order valence-corrected chi connectivity index (χ3v) is 5.69. The minimum absolute atomic E-state index is 0.0920. The summed E-state index contributed by atoms with van der Waals surface area (Å²) in [5.41, 5.74) is 4.41. The monoisotopic (exact) mass is 441 g/mol. The number of fused-ring (bicyclic) bond motifs is 1. The maximum absolute atomic E-state index is 12.2. The van der Waals surface area contributed by atoms with Crippen molar-refractivity contribution in [1.82, 2.24) is 10.3 Å². The molecule has 1 aromatic heterocycles. The Morgan fingerprint density at radius 1 is 1.13 bits per heavy atom. The summed E-state index contributed by atoms with van der Waals surface area (Å²) in [5.74, 6) is 0.722. The van der Waals surface area contributed by atoms with Crippen LogP contribution < -0.4 is 10.2 Å². The molecule has 0 aliphatic carbocycles. The standard InChI is InChI=1S/C23H21Cl2N3O2/c24-19-6-4-18(20(25)13-19)14-28-10-8-15-5-7-21(27-22(15)28)16-2-1-3-17(12-16)23(30)26-9-11-29/h1-7,12-13,29H,8-11,14H2,(H,26,30). The van der Waals surface area contributed by atoms with Crippen LogP contribution >= 0.6 is 23.2 Å². The highest BCUT2D eigenvalue weighted by Crippen LogP contribution is 2.32. The van der Waals surface area contributed by atoms with Gasteiger partial charge in [-0.1, -0.05) is 47.5 Å². The van der Waals surface area contributed by atoms with Crippen LogP contribution in [0.15, 0.2) is 54.6 Å². The number of benzene rings is 2. The van der Waals surface area contributed by atoms with E-state index in [0.717, 1.165) is 35.6 Å². The van der Waals surface area contributed by atoms with Crippen molar-refractivity contribution in [1.29, 1.82) is 0 Å². The number of rotatable bonds is 6. The molecular formula is C23H21Cl2N3O2. The van der Waals surface area contributed by atoms with Gasteiger partial charge in [-0.05, 0) is 47.9 Å². The Hall–Kier alpha value is -2.60. The van der Waals surface area contributed by atoms with Crippen LogP contribution in [0.4, 0.5) is 5.82 Å². The van der Waals surface area contributed by atoms with Gasteiger partial charge in [-0.25, -0.2) is 4.98 Å². The molecule has 30 heavy (non-hydrogen) atoms. The Morgan fingerprint density at radius 3 is 2.80 bits per heavy atom. The zero-order valence-corrected chi connectivity index (χ0v) is 17.7. The fourth-order valence-corrected chi connectivity index (χ4v) is 4.04. The number of aromatic nitrogens is 1. The van der Waals surface area contributed by atoms with E-state index in [1.807, 2.05) is 36.4 Å². The molecule has 154 valence electrons. The van der Waals surface area contributed by atoms with Crippen LogP contribution in [-0.2, 0) is 13.0 Å². The number of anilines is 1. The average molecular weight is 442 g/mol. The summed E-state index contributed by atoms with van der Waals surface area (Å²) >= 11 is 12.4. The molecule has 1 aliphatic rings. The minimum atomic E-state index is -0.217. The summed E-state index contributed by atoms with van der Waals surface area (Å²) in [7, 11) is 0. The number of hydrogen-bond acceptors (Lipinski definition) is 4. The first-order valence-electron chi connectivity index (χ1n) is 9.73. The summed E-state index contributed by atoms with van der Waals surface area (Å²) in [4.78, 5) is 19.3. The van der Waals surface area contributed by atoms with E-state index >= 15 is 0 Å². The summed E-state index contributed by atoms with van der Waals surface area (Å²) in [6.07, 6.45) is 0.928. The van der Waals surface area contributed by atoms with Gasteiger partial charge in [0.15, 0.2) is 0 Å². The molecule has 3 aromatic rings. The molecule has 0 radical (unpaired) electrons. The molecule has 2 aromatic carbocycles. The summed E-state index contributed by atoms with van der Waals surface area (Å²) in [6.45, 7) is 1.66. The minimum Gasteiger partial charge on any atom is -0.395 e. The molecule has 0 unspecified atom stereocenters. The van der Waals surface area contributed by atoms with Crippen molar-refractivity contribution in [2.45, 2.75) is 13.0 Å². The van der Waals surface area contributed by atoms with Crippen LogP contribution in [0.3, 0.4) is 0 Å². The third kappa shape index (κ3) is 4.43. The van der Waals surface area contributed by atoms with Crippen molar-refractivity contribution in [2.75, 3.05) is 24.6 Å². The van der Waals surface area contributed by atoms with Crippen molar-refractivity contribution in [3.05, 3.63) is 81.3 Å². The molecule has 5 nitrogen and oxygen atoms in total. The third-order valence-electron chi connectivity index (χ3n) is 5.10. The Balaban J connectivity index is 1.60. The van der Waals surface area contributed by atoms with Gasteiger partial charge in [0.25, 0.3) is 5.91 Å². The van der Waals surface area contributed by atoms with Crippen molar-refractivity contribution >= 4 is 34.9 Å². The van der Waals surface area contributed by atoms with Gasteiger partial charge in [0, 0.05) is 40.8 Å². The zero-order chi connectivity index (χ0) is 21.1. The summed E-state index contributed by atoms with van der Waals surface area (Å²) in [6, 6.07) is 17.0. The predicted octanol–water partition coefficient (Wildman–Crippen LogP) is 4.34. The molecule has 1 aliphatic heterocycles. The van der Waals surface area contributed by atoms with Crippen molar-refractivity contribution in [3.63, 3.8) is 0 Å². The van der Waals surface area contributed by atoms with Gasteiger partial charge in [0.1, 0.15) is 5.82 Å². The van der Waals surface area contributed by atoms with Gasteiger partial charge < -0.3 is 15.3 Å². The largest absolute Gasteiger partial charge is 0.395 e. The molecule has 2 heterocycles. The quantitative estimate of drug-likeness (QED) is 0.596. The number of aliphatic hydroxyl groups excluding tert-OH is 1. The van der Waals surface area contributed by atoms with Crippen LogP contribution in [-0.4, -0.2) is 35.7 Å². The highest BCUT2D eigenvalue weighted by atomic mass is 35.5. The maximum Gasteiger partial charge on any atom is 0.251 e. The zero-order valence-electron chi connectivity index (χ0n) is 16.2. The Labute approximate surface area is 185 Å². The Morgan fingerprint density at radius 2 is 2.00 bits per heavy atom. The Kier molecular flexibility index (Phi) is 6.23. The molecule has 0 saturated carbocycles. The molecule has 7 heteroatoms.